The Bertz CT molecular complexity index is 1890. The maximum absolute atomic E-state index is 13.1. The van der Waals surface area contributed by atoms with E-state index < -0.39 is 97.5 Å². The van der Waals surface area contributed by atoms with Crippen LogP contribution < -0.4 is 0 Å². The van der Waals surface area contributed by atoms with Gasteiger partial charge in [-0.1, -0.05) is 338 Å². The van der Waals surface area contributed by atoms with Crippen LogP contribution in [0.2, 0.25) is 0 Å². The molecule has 0 amide bonds. The van der Waals surface area contributed by atoms with Gasteiger partial charge in [0.1, 0.15) is 19.3 Å². The van der Waals surface area contributed by atoms with Crippen LogP contribution in [0.15, 0.2) is 0 Å². The predicted octanol–water partition coefficient (Wildman–Crippen LogP) is 22.4. The molecule has 0 aromatic heterocycles. The summed E-state index contributed by atoms with van der Waals surface area (Å²) in [7, 11) is -9.91. The summed E-state index contributed by atoms with van der Waals surface area (Å²) in [5, 5.41) is 10.6. The largest absolute Gasteiger partial charge is 0.472 e. The summed E-state index contributed by atoms with van der Waals surface area (Å²) in [5.74, 6) is 0.957. The number of aliphatic hydroxyl groups excluding tert-OH is 1. The van der Waals surface area contributed by atoms with Crippen molar-refractivity contribution in [3.05, 3.63) is 0 Å². The minimum atomic E-state index is -4.96. The summed E-state index contributed by atoms with van der Waals surface area (Å²) in [5.41, 5.74) is 0. The van der Waals surface area contributed by atoms with E-state index in [2.05, 4.69) is 55.4 Å². The summed E-state index contributed by atoms with van der Waals surface area (Å²) in [4.78, 5) is 72.8. The van der Waals surface area contributed by atoms with Gasteiger partial charge in [-0.05, 0) is 49.4 Å². The van der Waals surface area contributed by atoms with Crippen molar-refractivity contribution in [2.24, 2.45) is 23.7 Å². The number of esters is 4. The smallest absolute Gasteiger partial charge is 0.462 e. The van der Waals surface area contributed by atoms with E-state index >= 15 is 0 Å². The lowest BCUT2D eigenvalue weighted by atomic mass is 9.99. The molecule has 0 aliphatic rings. The summed E-state index contributed by atoms with van der Waals surface area (Å²) >= 11 is 0. The van der Waals surface area contributed by atoms with E-state index in [-0.39, 0.29) is 25.7 Å². The number of carbonyl (C=O) groups is 4. The first kappa shape index (κ1) is 94.1. The molecule has 96 heavy (non-hydrogen) atoms. The van der Waals surface area contributed by atoms with Crippen molar-refractivity contribution in [1.29, 1.82) is 0 Å². The van der Waals surface area contributed by atoms with Crippen molar-refractivity contribution in [3.8, 4) is 0 Å². The van der Waals surface area contributed by atoms with Gasteiger partial charge in [0, 0.05) is 25.7 Å². The molecule has 5 unspecified atom stereocenters. The van der Waals surface area contributed by atoms with E-state index in [0.717, 1.165) is 120 Å². The van der Waals surface area contributed by atoms with Gasteiger partial charge in [0.15, 0.2) is 12.2 Å². The third kappa shape index (κ3) is 67.9. The van der Waals surface area contributed by atoms with Gasteiger partial charge in [-0.15, -0.1) is 0 Å². The second-order valence-corrected chi connectivity index (χ2v) is 32.1. The molecule has 7 atom stereocenters. The highest BCUT2D eigenvalue weighted by atomic mass is 31.2. The number of phosphoric ester groups is 2. The van der Waals surface area contributed by atoms with Crippen LogP contribution in [0.5, 0.6) is 0 Å². The maximum atomic E-state index is 13.1. The first-order valence-electron chi connectivity index (χ1n) is 39.8. The fraction of sp³-hybridized carbons (Fsp3) is 0.948. The highest BCUT2D eigenvalue weighted by Gasteiger charge is 2.30. The van der Waals surface area contributed by atoms with E-state index in [4.69, 9.17) is 37.0 Å². The van der Waals surface area contributed by atoms with Gasteiger partial charge in [0.25, 0.3) is 0 Å². The Balaban J connectivity index is 5.18. The standard InChI is InChI=1S/C77H150O17P2/c1-9-69(7)55-47-39-31-24-19-17-15-13-11-12-14-16-18-20-25-33-43-51-59-76(81)94-73(64-88-75(80)58-50-42-36-35-40-48-56-70(8)10-2)66-92-96(85,86)90-62-71(78)61-89-95(83,84)91-65-72(63-87-74(79)57-49-41-32-28-27-30-38-46-54-68(5)6)93-77(82)60-52-44-34-26-22-21-23-29-37-45-53-67(3)4/h67-73,78H,9-66H2,1-8H3,(H,83,84)(H,85,86)/t69?,70?,71?,72-,73-/m1/s1. The van der Waals surface area contributed by atoms with Crippen molar-refractivity contribution in [2.75, 3.05) is 39.6 Å². The SMILES string of the molecule is CCC(C)CCCCCCCCCCCCCCCCCCCCC(=O)O[C@H](COC(=O)CCCCCCCCC(C)CC)COP(=O)(O)OCC(O)COP(=O)(O)OC[C@@H](COC(=O)CCCCCCCCCCC(C)C)OC(=O)CCCCCCCCCCCCC(C)C. The Morgan fingerprint density at radius 3 is 0.740 bits per heavy atom. The molecule has 0 radical (unpaired) electrons. The van der Waals surface area contributed by atoms with E-state index in [0.29, 0.717) is 25.7 Å². The highest BCUT2D eigenvalue weighted by Crippen LogP contribution is 2.45. The van der Waals surface area contributed by atoms with E-state index in [1.54, 1.807) is 0 Å². The zero-order valence-electron chi connectivity index (χ0n) is 63.0. The topological polar surface area (TPSA) is 237 Å². The van der Waals surface area contributed by atoms with Crippen molar-refractivity contribution in [3.63, 3.8) is 0 Å². The molecule has 0 aromatic carbocycles. The van der Waals surface area contributed by atoms with Crippen LogP contribution in [0.4, 0.5) is 0 Å². The zero-order valence-corrected chi connectivity index (χ0v) is 64.8. The molecule has 0 rings (SSSR count). The average Bonchev–Trinajstić information content (AvgIpc) is 1.54. The average molecular weight is 1410 g/mol. The van der Waals surface area contributed by atoms with E-state index in [1.807, 2.05) is 0 Å². The van der Waals surface area contributed by atoms with Gasteiger partial charge in [-0.2, -0.15) is 0 Å². The van der Waals surface area contributed by atoms with Crippen molar-refractivity contribution in [1.82, 2.24) is 0 Å². The molecule has 0 spiro atoms. The first-order valence-corrected chi connectivity index (χ1v) is 42.8. The second-order valence-electron chi connectivity index (χ2n) is 29.2. The molecule has 0 bridgehead atoms. The van der Waals surface area contributed by atoms with Gasteiger partial charge < -0.3 is 33.8 Å². The number of unbranched alkanes of at least 4 members (excludes halogenated alkanes) is 38. The number of rotatable bonds is 74. The Hall–Kier alpha value is -1.94. The molecule has 19 heteroatoms. The fourth-order valence-corrected chi connectivity index (χ4v) is 13.2. The van der Waals surface area contributed by atoms with Crippen LogP contribution in [0.1, 0.15) is 389 Å². The first-order chi connectivity index (χ1) is 46.2. The Kier molecular flexibility index (Phi) is 65.0. The number of ether oxygens (including phenoxy) is 4. The Labute approximate surface area is 588 Å². The molecule has 0 aliphatic heterocycles. The monoisotopic (exact) mass is 1410 g/mol. The molecule has 0 saturated carbocycles. The third-order valence-electron chi connectivity index (χ3n) is 18.5. The third-order valence-corrected chi connectivity index (χ3v) is 20.4. The number of phosphoric acid groups is 2. The van der Waals surface area contributed by atoms with Gasteiger partial charge in [-0.25, -0.2) is 9.13 Å². The molecule has 3 N–H and O–H groups in total. The number of aliphatic hydroxyl groups is 1. The molecule has 0 aliphatic carbocycles. The summed E-state index contributed by atoms with van der Waals surface area (Å²) in [6.45, 7) is 14.2. The summed E-state index contributed by atoms with van der Waals surface area (Å²) < 4.78 is 68.5. The molecule has 570 valence electrons. The normalized spacial score (nSPS) is 14.7. The van der Waals surface area contributed by atoms with Crippen LogP contribution >= 0.6 is 15.6 Å². The van der Waals surface area contributed by atoms with Crippen molar-refractivity contribution < 1.29 is 80.2 Å². The number of carbonyl (C=O) groups excluding carboxylic acids is 4. The second kappa shape index (κ2) is 66.3. The molecular weight excluding hydrogens is 1260 g/mol. The number of hydrogen-bond donors (Lipinski definition) is 3. The van der Waals surface area contributed by atoms with Gasteiger partial charge >= 0.3 is 39.5 Å². The molecule has 0 fully saturated rings. The molecular formula is C77H150O17P2. The van der Waals surface area contributed by atoms with Crippen LogP contribution in [-0.2, 0) is 65.4 Å². The molecule has 17 nitrogen and oxygen atoms in total. The van der Waals surface area contributed by atoms with Crippen LogP contribution in [0.25, 0.3) is 0 Å². The fourth-order valence-electron chi connectivity index (χ4n) is 11.7. The molecule has 0 heterocycles. The minimum absolute atomic E-state index is 0.105. The van der Waals surface area contributed by atoms with E-state index in [1.165, 1.54) is 186 Å². The summed E-state index contributed by atoms with van der Waals surface area (Å²) in [6.07, 6.45) is 51.5. The Morgan fingerprint density at radius 1 is 0.292 bits per heavy atom. The maximum Gasteiger partial charge on any atom is 0.472 e. The molecule has 0 saturated heterocycles. The lowest BCUT2D eigenvalue weighted by molar-refractivity contribution is -0.161. The van der Waals surface area contributed by atoms with Gasteiger partial charge in [-0.3, -0.25) is 37.3 Å². The van der Waals surface area contributed by atoms with Crippen molar-refractivity contribution >= 4 is 39.5 Å². The predicted molar refractivity (Wildman–Crippen MR) is 391 cm³/mol. The van der Waals surface area contributed by atoms with Gasteiger partial charge in [0.05, 0.1) is 26.4 Å². The van der Waals surface area contributed by atoms with Crippen molar-refractivity contribution in [2.45, 2.75) is 408 Å². The lowest BCUT2D eigenvalue weighted by Crippen LogP contribution is -2.30. The summed E-state index contributed by atoms with van der Waals surface area (Å²) in [6, 6.07) is 0. The Morgan fingerprint density at radius 2 is 0.500 bits per heavy atom. The van der Waals surface area contributed by atoms with Crippen LogP contribution in [0, 0.1) is 23.7 Å². The van der Waals surface area contributed by atoms with E-state index in [9.17, 15) is 43.2 Å². The lowest BCUT2D eigenvalue weighted by Gasteiger charge is -2.21. The highest BCUT2D eigenvalue weighted by molar-refractivity contribution is 7.47. The number of hydrogen-bond acceptors (Lipinski definition) is 15. The zero-order chi connectivity index (χ0) is 71.0. The molecule has 0 aromatic rings. The van der Waals surface area contributed by atoms with Gasteiger partial charge in [0.2, 0.25) is 0 Å². The van der Waals surface area contributed by atoms with Crippen LogP contribution in [-0.4, -0.2) is 96.7 Å². The minimum Gasteiger partial charge on any atom is -0.462 e. The van der Waals surface area contributed by atoms with Crippen LogP contribution in [0.3, 0.4) is 0 Å². The quantitative estimate of drug-likeness (QED) is 0.0222.